The zero-order valence-electron chi connectivity index (χ0n) is 22.3. The van der Waals surface area contributed by atoms with E-state index in [-0.39, 0.29) is 23.0 Å². The lowest BCUT2D eigenvalue weighted by atomic mass is 9.98. The standard InChI is InChI=1S/C26H35BrN2O7S2/c1-6-38(32,33)29-12-10-17(11-13-29)15-28-19-9-7-8-18(14-19)23-21(27)22(24(37-23)25(31)34-5)35-16-20(30)36-26(2,3)4/h7-9,14,17,28H,6,10-13,15-16H2,1-5H3. The van der Waals surface area contributed by atoms with Crippen LogP contribution in [0.1, 0.15) is 50.2 Å². The molecule has 1 aliphatic rings. The van der Waals surface area contributed by atoms with Gasteiger partial charge in [0.2, 0.25) is 10.0 Å². The Kier molecular flexibility index (Phi) is 10.2. The van der Waals surface area contributed by atoms with Gasteiger partial charge in [0, 0.05) is 25.3 Å². The topological polar surface area (TPSA) is 111 Å². The lowest BCUT2D eigenvalue weighted by molar-refractivity contribution is -0.157. The molecule has 2 aromatic rings. The number of sulfonamides is 1. The summed E-state index contributed by atoms with van der Waals surface area (Å²) in [6.07, 6.45) is 1.62. The third kappa shape index (κ3) is 7.93. The molecule has 0 unspecified atom stereocenters. The molecule has 1 saturated heterocycles. The van der Waals surface area contributed by atoms with Crippen LogP contribution in [0.25, 0.3) is 10.4 Å². The summed E-state index contributed by atoms with van der Waals surface area (Å²) in [7, 11) is -1.85. The molecular formula is C26H35BrN2O7S2. The summed E-state index contributed by atoms with van der Waals surface area (Å²) in [5, 5.41) is 3.47. The molecule has 1 N–H and O–H groups in total. The minimum Gasteiger partial charge on any atom is -0.479 e. The molecule has 1 aromatic carbocycles. The number of thiophene rings is 1. The van der Waals surface area contributed by atoms with Crippen LogP contribution in [0.15, 0.2) is 28.7 Å². The quantitative estimate of drug-likeness (QED) is 0.358. The van der Waals surface area contributed by atoms with Crippen molar-refractivity contribution in [2.75, 3.05) is 44.4 Å². The largest absolute Gasteiger partial charge is 0.479 e. The number of hydrogen-bond acceptors (Lipinski definition) is 9. The summed E-state index contributed by atoms with van der Waals surface area (Å²) >= 11 is 4.76. The number of ether oxygens (including phenoxy) is 3. The van der Waals surface area contributed by atoms with Gasteiger partial charge in [0.05, 0.1) is 22.2 Å². The van der Waals surface area contributed by atoms with Gasteiger partial charge in [0.1, 0.15) is 5.60 Å². The number of carbonyl (C=O) groups is 2. The number of halogens is 1. The maximum Gasteiger partial charge on any atom is 0.351 e. The number of benzene rings is 1. The Morgan fingerprint density at radius 2 is 1.89 bits per heavy atom. The summed E-state index contributed by atoms with van der Waals surface area (Å²) < 4.78 is 42.3. The van der Waals surface area contributed by atoms with Crippen LogP contribution in [0.3, 0.4) is 0 Å². The van der Waals surface area contributed by atoms with Crippen LogP contribution in [-0.2, 0) is 24.3 Å². The third-order valence-corrected chi connectivity index (χ3v) is 10.1. The van der Waals surface area contributed by atoms with E-state index in [0.717, 1.165) is 35.5 Å². The first kappa shape index (κ1) is 30.4. The van der Waals surface area contributed by atoms with Crippen molar-refractivity contribution >= 4 is 54.9 Å². The number of piperidine rings is 1. The lowest BCUT2D eigenvalue weighted by Gasteiger charge is -2.31. The molecule has 0 amide bonds. The minimum absolute atomic E-state index is 0.131. The van der Waals surface area contributed by atoms with Gasteiger partial charge < -0.3 is 19.5 Å². The van der Waals surface area contributed by atoms with Gasteiger partial charge in [-0.25, -0.2) is 22.3 Å². The van der Waals surface area contributed by atoms with Gasteiger partial charge in [0.25, 0.3) is 0 Å². The second-order valence-corrected chi connectivity index (χ2v) is 14.0. The summed E-state index contributed by atoms with van der Waals surface area (Å²) in [5.74, 6) is -0.375. The van der Waals surface area contributed by atoms with Crippen molar-refractivity contribution in [3.63, 3.8) is 0 Å². The normalized spacial score (nSPS) is 15.2. The highest BCUT2D eigenvalue weighted by Gasteiger charge is 2.28. The molecular weight excluding hydrogens is 596 g/mol. The van der Waals surface area contributed by atoms with Crippen LogP contribution in [0.4, 0.5) is 5.69 Å². The minimum atomic E-state index is -3.14. The van der Waals surface area contributed by atoms with Crippen LogP contribution < -0.4 is 10.1 Å². The molecule has 38 heavy (non-hydrogen) atoms. The summed E-state index contributed by atoms with van der Waals surface area (Å²) in [4.78, 5) is 25.7. The molecule has 3 rings (SSSR count). The van der Waals surface area contributed by atoms with Crippen molar-refractivity contribution in [2.24, 2.45) is 5.92 Å². The van der Waals surface area contributed by atoms with Gasteiger partial charge in [-0.1, -0.05) is 12.1 Å². The highest BCUT2D eigenvalue weighted by atomic mass is 79.9. The smallest absolute Gasteiger partial charge is 0.351 e. The number of anilines is 1. The lowest BCUT2D eigenvalue weighted by Crippen LogP contribution is -2.40. The van der Waals surface area contributed by atoms with Gasteiger partial charge in [-0.2, -0.15) is 0 Å². The fourth-order valence-corrected chi connectivity index (χ4v) is 7.15. The first-order chi connectivity index (χ1) is 17.8. The molecule has 1 aromatic heterocycles. The summed E-state index contributed by atoms with van der Waals surface area (Å²) in [6, 6.07) is 7.78. The molecule has 1 fully saturated rings. The first-order valence-electron chi connectivity index (χ1n) is 12.4. The van der Waals surface area contributed by atoms with Crippen molar-refractivity contribution < 1.29 is 32.2 Å². The number of rotatable bonds is 10. The number of esters is 2. The van der Waals surface area contributed by atoms with E-state index >= 15 is 0 Å². The van der Waals surface area contributed by atoms with Gasteiger partial charge in [-0.05, 0) is 80.1 Å². The Morgan fingerprint density at radius 1 is 1.21 bits per heavy atom. The van der Waals surface area contributed by atoms with Crippen molar-refractivity contribution in [2.45, 2.75) is 46.1 Å². The van der Waals surface area contributed by atoms with Crippen LogP contribution >= 0.6 is 27.3 Å². The van der Waals surface area contributed by atoms with E-state index in [9.17, 15) is 18.0 Å². The number of hydrogen-bond donors (Lipinski definition) is 1. The van der Waals surface area contributed by atoms with E-state index in [2.05, 4.69) is 21.2 Å². The Bertz CT molecular complexity index is 1250. The van der Waals surface area contributed by atoms with Crippen molar-refractivity contribution in [1.82, 2.24) is 4.31 Å². The molecule has 0 aliphatic carbocycles. The Hall–Kier alpha value is -2.15. The first-order valence-corrected chi connectivity index (χ1v) is 15.6. The molecule has 9 nitrogen and oxygen atoms in total. The van der Waals surface area contributed by atoms with Gasteiger partial charge >= 0.3 is 11.9 Å². The van der Waals surface area contributed by atoms with Crippen molar-refractivity contribution in [1.29, 1.82) is 0 Å². The summed E-state index contributed by atoms with van der Waals surface area (Å²) in [5.41, 5.74) is 1.11. The van der Waals surface area contributed by atoms with E-state index in [1.54, 1.807) is 32.0 Å². The Balaban J connectivity index is 1.72. The maximum atomic E-state index is 12.5. The van der Waals surface area contributed by atoms with Crippen LogP contribution in [-0.4, -0.2) is 69.4 Å². The van der Waals surface area contributed by atoms with E-state index in [4.69, 9.17) is 14.2 Å². The highest BCUT2D eigenvalue weighted by molar-refractivity contribution is 9.10. The third-order valence-electron chi connectivity index (χ3n) is 5.99. The van der Waals surface area contributed by atoms with Crippen LogP contribution in [0, 0.1) is 5.92 Å². The number of methoxy groups -OCH3 is 1. The summed E-state index contributed by atoms with van der Waals surface area (Å²) in [6.45, 7) is 8.45. The molecule has 0 radical (unpaired) electrons. The molecule has 0 spiro atoms. The molecule has 0 saturated carbocycles. The second kappa shape index (κ2) is 12.8. The fraction of sp³-hybridized carbons (Fsp3) is 0.538. The Labute approximate surface area is 237 Å². The number of carbonyl (C=O) groups excluding carboxylic acids is 2. The van der Waals surface area contributed by atoms with Crippen molar-refractivity contribution in [3.8, 4) is 16.2 Å². The van der Waals surface area contributed by atoms with E-state index in [1.165, 1.54) is 18.4 Å². The fourth-order valence-electron chi connectivity index (χ4n) is 4.05. The van der Waals surface area contributed by atoms with E-state index in [1.807, 2.05) is 24.3 Å². The second-order valence-electron chi connectivity index (χ2n) is 9.97. The monoisotopic (exact) mass is 630 g/mol. The molecule has 1 aliphatic heterocycles. The zero-order valence-corrected chi connectivity index (χ0v) is 25.6. The average molecular weight is 632 g/mol. The molecule has 0 bridgehead atoms. The maximum absolute atomic E-state index is 12.5. The van der Waals surface area contributed by atoms with Crippen LogP contribution in [0.5, 0.6) is 5.75 Å². The molecule has 2 heterocycles. The predicted molar refractivity (Wildman–Crippen MR) is 152 cm³/mol. The zero-order chi connectivity index (χ0) is 28.1. The van der Waals surface area contributed by atoms with Gasteiger partial charge in [-0.15, -0.1) is 11.3 Å². The Morgan fingerprint density at radius 3 is 2.50 bits per heavy atom. The highest BCUT2D eigenvalue weighted by Crippen LogP contribution is 2.46. The van der Waals surface area contributed by atoms with E-state index in [0.29, 0.717) is 23.5 Å². The van der Waals surface area contributed by atoms with Crippen LogP contribution in [0.2, 0.25) is 0 Å². The number of nitrogens with zero attached hydrogens (tertiary/aromatic N) is 1. The molecule has 0 atom stereocenters. The predicted octanol–water partition coefficient (Wildman–Crippen LogP) is 5.16. The van der Waals surface area contributed by atoms with Gasteiger partial charge in [0.15, 0.2) is 17.2 Å². The average Bonchev–Trinajstić information content (AvgIpc) is 3.21. The SMILES string of the molecule is CCS(=O)(=O)N1CCC(CNc2cccc(-c3sc(C(=O)OC)c(OCC(=O)OC(C)(C)C)c3Br)c2)CC1. The van der Waals surface area contributed by atoms with E-state index < -0.39 is 27.6 Å². The van der Waals surface area contributed by atoms with Gasteiger partial charge in [-0.3, -0.25) is 0 Å². The van der Waals surface area contributed by atoms with Crippen molar-refractivity contribution in [3.05, 3.63) is 33.6 Å². The molecule has 12 heteroatoms. The number of nitrogens with one attached hydrogen (secondary N) is 1. The molecule has 210 valence electrons.